The van der Waals surface area contributed by atoms with Gasteiger partial charge in [-0.25, -0.2) is 4.98 Å². The van der Waals surface area contributed by atoms with Crippen molar-refractivity contribution in [3.63, 3.8) is 0 Å². The summed E-state index contributed by atoms with van der Waals surface area (Å²) < 4.78 is 0. The number of benzene rings is 2. The van der Waals surface area contributed by atoms with Crippen molar-refractivity contribution in [2.24, 2.45) is 0 Å². The van der Waals surface area contributed by atoms with E-state index in [1.165, 1.54) is 17.8 Å². The first kappa shape index (κ1) is 17.6. The summed E-state index contributed by atoms with van der Waals surface area (Å²) in [6.45, 7) is 1.61. The number of pyridine rings is 1. The zero-order chi connectivity index (χ0) is 18.5. The number of hydrogen-bond donors (Lipinski definition) is 1. The first-order chi connectivity index (χ1) is 12.5. The Morgan fingerprint density at radius 3 is 2.50 bits per heavy atom. The molecule has 0 fully saturated rings. The molecule has 0 unspecified atom stereocenters. The van der Waals surface area contributed by atoms with Gasteiger partial charge in [-0.3, -0.25) is 14.9 Å². The molecule has 0 saturated carbocycles. The van der Waals surface area contributed by atoms with Crippen molar-refractivity contribution in [1.82, 2.24) is 4.98 Å². The highest BCUT2D eigenvalue weighted by Crippen LogP contribution is 2.27. The lowest BCUT2D eigenvalue weighted by Crippen LogP contribution is -2.13. The number of carbonyl (C=O) groups is 1. The fourth-order valence-electron chi connectivity index (χ4n) is 2.35. The molecule has 2 aromatic carbocycles. The van der Waals surface area contributed by atoms with Crippen molar-refractivity contribution in [2.75, 3.05) is 5.32 Å². The standard InChI is InChI=1S/C19H15N3O3S/c1-13-16(5-4-6-17(13)22(24)25)21-19(23)14-8-10-15(11-9-14)26-18-7-2-3-12-20-18/h2-12H,1H3,(H,21,23). The largest absolute Gasteiger partial charge is 0.321 e. The van der Waals surface area contributed by atoms with Crippen LogP contribution in [0.5, 0.6) is 0 Å². The number of rotatable bonds is 5. The minimum Gasteiger partial charge on any atom is -0.321 e. The van der Waals surface area contributed by atoms with E-state index < -0.39 is 4.92 Å². The molecule has 3 aromatic rings. The van der Waals surface area contributed by atoms with Crippen molar-refractivity contribution in [1.29, 1.82) is 0 Å². The maximum Gasteiger partial charge on any atom is 0.274 e. The first-order valence-corrected chi connectivity index (χ1v) is 8.60. The smallest absolute Gasteiger partial charge is 0.274 e. The molecule has 0 saturated heterocycles. The van der Waals surface area contributed by atoms with E-state index in [1.807, 2.05) is 30.3 Å². The van der Waals surface area contributed by atoms with E-state index in [1.54, 1.807) is 37.4 Å². The average molecular weight is 365 g/mol. The van der Waals surface area contributed by atoms with Crippen LogP contribution in [0.2, 0.25) is 0 Å². The zero-order valence-corrected chi connectivity index (χ0v) is 14.7. The molecule has 130 valence electrons. The Bertz CT molecular complexity index is 944. The summed E-state index contributed by atoms with van der Waals surface area (Å²) in [5.74, 6) is -0.317. The topological polar surface area (TPSA) is 85.1 Å². The van der Waals surface area contributed by atoms with Crippen molar-refractivity contribution < 1.29 is 9.72 Å². The predicted molar refractivity (Wildman–Crippen MR) is 101 cm³/mol. The average Bonchev–Trinajstić information content (AvgIpc) is 2.64. The summed E-state index contributed by atoms with van der Waals surface area (Å²) in [6, 6.07) is 17.4. The van der Waals surface area contributed by atoms with Crippen molar-refractivity contribution in [3.8, 4) is 0 Å². The third-order valence-corrected chi connectivity index (χ3v) is 4.69. The van der Waals surface area contributed by atoms with Gasteiger partial charge in [0.05, 0.1) is 16.2 Å². The fraction of sp³-hybridized carbons (Fsp3) is 0.0526. The molecule has 1 N–H and O–H groups in total. The van der Waals surface area contributed by atoms with Crippen LogP contribution < -0.4 is 5.32 Å². The normalized spacial score (nSPS) is 10.3. The van der Waals surface area contributed by atoms with Crippen molar-refractivity contribution in [3.05, 3.63) is 88.1 Å². The van der Waals surface area contributed by atoms with E-state index in [-0.39, 0.29) is 11.6 Å². The zero-order valence-electron chi connectivity index (χ0n) is 13.9. The number of hydrogen-bond acceptors (Lipinski definition) is 5. The predicted octanol–water partition coefficient (Wildman–Crippen LogP) is 4.70. The molecule has 3 rings (SSSR count). The number of nitrogens with zero attached hydrogens (tertiary/aromatic N) is 2. The Hall–Kier alpha value is -3.19. The fourth-order valence-corrected chi connectivity index (χ4v) is 3.13. The molecule has 0 aliphatic heterocycles. The number of nitro benzene ring substituents is 1. The third-order valence-electron chi connectivity index (χ3n) is 3.73. The second kappa shape index (κ2) is 7.79. The molecule has 0 radical (unpaired) electrons. The number of amides is 1. The summed E-state index contributed by atoms with van der Waals surface area (Å²) in [5.41, 5.74) is 1.30. The van der Waals surface area contributed by atoms with Crippen LogP contribution in [0.1, 0.15) is 15.9 Å². The molecule has 0 bridgehead atoms. The van der Waals surface area contributed by atoms with Gasteiger partial charge in [0, 0.05) is 22.7 Å². The van der Waals surface area contributed by atoms with Gasteiger partial charge in [-0.1, -0.05) is 23.9 Å². The second-order valence-electron chi connectivity index (χ2n) is 5.46. The van der Waals surface area contributed by atoms with Crippen LogP contribution >= 0.6 is 11.8 Å². The van der Waals surface area contributed by atoms with Crippen LogP contribution in [0.25, 0.3) is 0 Å². The molecule has 1 aromatic heterocycles. The summed E-state index contributed by atoms with van der Waals surface area (Å²) in [6.07, 6.45) is 1.73. The lowest BCUT2D eigenvalue weighted by molar-refractivity contribution is -0.385. The van der Waals surface area contributed by atoms with E-state index in [0.29, 0.717) is 16.8 Å². The molecule has 0 aliphatic rings. The van der Waals surface area contributed by atoms with Crippen LogP contribution in [-0.4, -0.2) is 15.8 Å². The van der Waals surface area contributed by atoms with E-state index in [9.17, 15) is 14.9 Å². The number of nitro groups is 1. The first-order valence-electron chi connectivity index (χ1n) is 7.79. The lowest BCUT2D eigenvalue weighted by atomic mass is 10.1. The van der Waals surface area contributed by atoms with Gasteiger partial charge >= 0.3 is 0 Å². The van der Waals surface area contributed by atoms with Crippen LogP contribution in [0.4, 0.5) is 11.4 Å². The monoisotopic (exact) mass is 365 g/mol. The van der Waals surface area contributed by atoms with Crippen LogP contribution in [0.3, 0.4) is 0 Å². The number of carbonyl (C=O) groups excluding carboxylic acids is 1. The number of nitrogens with one attached hydrogen (secondary N) is 1. The second-order valence-corrected chi connectivity index (χ2v) is 6.55. The van der Waals surface area contributed by atoms with Gasteiger partial charge in [0.25, 0.3) is 11.6 Å². The van der Waals surface area contributed by atoms with E-state index in [0.717, 1.165) is 9.92 Å². The molecular weight excluding hydrogens is 350 g/mol. The quantitative estimate of drug-likeness (QED) is 0.523. The maximum absolute atomic E-state index is 12.4. The number of aromatic nitrogens is 1. The minimum atomic E-state index is -0.464. The molecule has 26 heavy (non-hydrogen) atoms. The lowest BCUT2D eigenvalue weighted by Gasteiger charge is -2.09. The van der Waals surface area contributed by atoms with Gasteiger partial charge in [-0.2, -0.15) is 0 Å². The Kier molecular flexibility index (Phi) is 5.28. The number of anilines is 1. The van der Waals surface area contributed by atoms with Gasteiger partial charge in [0.15, 0.2) is 0 Å². The van der Waals surface area contributed by atoms with Gasteiger partial charge in [-0.05, 0) is 49.4 Å². The SMILES string of the molecule is Cc1c(NC(=O)c2ccc(Sc3ccccn3)cc2)cccc1[N+](=O)[O-]. The highest BCUT2D eigenvalue weighted by Gasteiger charge is 2.15. The summed E-state index contributed by atoms with van der Waals surface area (Å²) in [5, 5.41) is 14.6. The molecule has 0 atom stereocenters. The summed E-state index contributed by atoms with van der Waals surface area (Å²) in [4.78, 5) is 28.2. The van der Waals surface area contributed by atoms with Gasteiger partial charge in [0.1, 0.15) is 5.03 Å². The highest BCUT2D eigenvalue weighted by molar-refractivity contribution is 7.99. The summed E-state index contributed by atoms with van der Waals surface area (Å²) in [7, 11) is 0. The van der Waals surface area contributed by atoms with Gasteiger partial charge in [-0.15, -0.1) is 0 Å². The Balaban J connectivity index is 1.73. The molecule has 7 heteroatoms. The highest BCUT2D eigenvalue weighted by atomic mass is 32.2. The van der Waals surface area contributed by atoms with Crippen LogP contribution in [0.15, 0.2) is 76.8 Å². The van der Waals surface area contributed by atoms with E-state index in [4.69, 9.17) is 0 Å². The van der Waals surface area contributed by atoms with Gasteiger partial charge in [0.2, 0.25) is 0 Å². The molecule has 6 nitrogen and oxygen atoms in total. The maximum atomic E-state index is 12.4. The van der Waals surface area contributed by atoms with Crippen molar-refractivity contribution >= 4 is 29.0 Å². The Morgan fingerprint density at radius 1 is 1.08 bits per heavy atom. The molecule has 1 heterocycles. The molecular formula is C19H15N3O3S. The molecule has 0 spiro atoms. The summed E-state index contributed by atoms with van der Waals surface area (Å²) >= 11 is 1.50. The van der Waals surface area contributed by atoms with Crippen LogP contribution in [0, 0.1) is 17.0 Å². The Morgan fingerprint density at radius 2 is 1.85 bits per heavy atom. The molecule has 1 amide bonds. The third kappa shape index (κ3) is 4.07. The van der Waals surface area contributed by atoms with E-state index >= 15 is 0 Å². The van der Waals surface area contributed by atoms with Crippen molar-refractivity contribution in [2.45, 2.75) is 16.8 Å². The minimum absolute atomic E-state index is 0.0232. The van der Waals surface area contributed by atoms with Gasteiger partial charge < -0.3 is 5.32 Å². The van der Waals surface area contributed by atoms with Crippen LogP contribution in [-0.2, 0) is 0 Å². The molecule has 0 aliphatic carbocycles. The van der Waals surface area contributed by atoms with E-state index in [2.05, 4.69) is 10.3 Å². The Labute approximate surface area is 154 Å².